The van der Waals surface area contributed by atoms with Crippen LogP contribution in [0.4, 0.5) is 0 Å². The summed E-state index contributed by atoms with van der Waals surface area (Å²) in [7, 11) is 0. The molecule has 2 aromatic heterocycles. The Balaban J connectivity index is 1.34. The Morgan fingerprint density at radius 3 is 2.82 bits per heavy atom. The molecule has 0 bridgehead atoms. The fraction of sp³-hybridized carbons (Fsp3) is 0.381. The number of benzene rings is 1. The van der Waals surface area contributed by atoms with Crippen molar-refractivity contribution < 1.29 is 13.9 Å². The molecule has 1 aliphatic heterocycles. The molecular weight excluding hydrogens is 358 g/mol. The number of piperidine rings is 1. The molecule has 4 rings (SSSR count). The molecule has 0 spiro atoms. The van der Waals surface area contributed by atoms with Crippen LogP contribution in [0.5, 0.6) is 5.75 Å². The standard InChI is InChI=1S/C21H23N3O4/c1-15(27-18-4-2-17-3-5-20(25)28-19(17)12-18)21(26)24-9-6-16(7-10-24)13-23-11-8-22-14-23/h2-5,8,11-12,14-16H,6-7,9-10,13H2,1H3. The summed E-state index contributed by atoms with van der Waals surface area (Å²) in [4.78, 5) is 30.1. The molecule has 3 aromatic rings. The molecule has 0 radical (unpaired) electrons. The molecular formula is C21H23N3O4. The van der Waals surface area contributed by atoms with Crippen molar-refractivity contribution in [3.63, 3.8) is 0 Å². The van der Waals surface area contributed by atoms with E-state index in [0.29, 0.717) is 17.3 Å². The summed E-state index contributed by atoms with van der Waals surface area (Å²) in [6, 6.07) is 8.33. The van der Waals surface area contributed by atoms with Crippen molar-refractivity contribution in [1.82, 2.24) is 14.5 Å². The summed E-state index contributed by atoms with van der Waals surface area (Å²) in [6.45, 7) is 4.17. The van der Waals surface area contributed by atoms with Crippen LogP contribution < -0.4 is 10.4 Å². The maximum Gasteiger partial charge on any atom is 0.336 e. The highest BCUT2D eigenvalue weighted by Gasteiger charge is 2.27. The number of nitrogens with zero attached hydrogens (tertiary/aromatic N) is 3. The van der Waals surface area contributed by atoms with Crippen molar-refractivity contribution in [1.29, 1.82) is 0 Å². The number of aromatic nitrogens is 2. The first kappa shape index (κ1) is 18.3. The lowest BCUT2D eigenvalue weighted by molar-refractivity contribution is -0.139. The SMILES string of the molecule is CC(Oc1ccc2ccc(=O)oc2c1)C(=O)N1CCC(Cn2ccnc2)CC1. The minimum Gasteiger partial charge on any atom is -0.481 e. The van der Waals surface area contributed by atoms with Crippen LogP contribution in [0.25, 0.3) is 11.0 Å². The van der Waals surface area contributed by atoms with Gasteiger partial charge >= 0.3 is 5.63 Å². The van der Waals surface area contributed by atoms with Gasteiger partial charge in [0.2, 0.25) is 0 Å². The number of rotatable bonds is 5. The molecule has 1 aromatic carbocycles. The molecule has 1 aliphatic rings. The number of imidazole rings is 1. The molecule has 1 atom stereocenters. The van der Waals surface area contributed by atoms with Crippen LogP contribution in [-0.4, -0.2) is 39.6 Å². The third kappa shape index (κ3) is 4.08. The fourth-order valence-corrected chi connectivity index (χ4v) is 3.65. The van der Waals surface area contributed by atoms with Crippen LogP contribution in [0.3, 0.4) is 0 Å². The Morgan fingerprint density at radius 1 is 1.29 bits per heavy atom. The number of carbonyl (C=O) groups is 1. The van der Waals surface area contributed by atoms with E-state index >= 15 is 0 Å². The maximum atomic E-state index is 12.8. The number of fused-ring (bicyclic) bond motifs is 1. The summed E-state index contributed by atoms with van der Waals surface area (Å²) in [5.74, 6) is 1.05. The molecule has 1 fully saturated rings. The van der Waals surface area contributed by atoms with Crippen molar-refractivity contribution in [3.05, 3.63) is 59.5 Å². The van der Waals surface area contributed by atoms with Crippen LogP contribution >= 0.6 is 0 Å². The van der Waals surface area contributed by atoms with Gasteiger partial charge < -0.3 is 18.6 Å². The van der Waals surface area contributed by atoms with Gasteiger partial charge in [0.05, 0.1) is 6.33 Å². The Kier molecular flexibility index (Phi) is 5.14. The van der Waals surface area contributed by atoms with E-state index in [4.69, 9.17) is 9.15 Å². The second kappa shape index (κ2) is 7.88. The average Bonchev–Trinajstić information content (AvgIpc) is 3.20. The molecule has 1 amide bonds. The molecule has 1 saturated heterocycles. The molecule has 0 saturated carbocycles. The van der Waals surface area contributed by atoms with Crippen LogP contribution in [0, 0.1) is 5.92 Å². The van der Waals surface area contributed by atoms with E-state index in [9.17, 15) is 9.59 Å². The zero-order valence-electron chi connectivity index (χ0n) is 15.8. The zero-order chi connectivity index (χ0) is 19.5. The maximum absolute atomic E-state index is 12.8. The Bertz CT molecular complexity index is 1000. The lowest BCUT2D eigenvalue weighted by Gasteiger charge is -2.33. The third-order valence-electron chi connectivity index (χ3n) is 5.21. The van der Waals surface area contributed by atoms with Crippen molar-refractivity contribution in [2.75, 3.05) is 13.1 Å². The number of hydrogen-bond donors (Lipinski definition) is 0. The number of hydrogen-bond acceptors (Lipinski definition) is 5. The van der Waals surface area contributed by atoms with Crippen LogP contribution in [0.2, 0.25) is 0 Å². The van der Waals surface area contributed by atoms with Gasteiger partial charge in [0.25, 0.3) is 5.91 Å². The Hall–Kier alpha value is -3.09. The average molecular weight is 381 g/mol. The summed E-state index contributed by atoms with van der Waals surface area (Å²) < 4.78 is 13.1. The van der Waals surface area contributed by atoms with Gasteiger partial charge in [0.1, 0.15) is 11.3 Å². The van der Waals surface area contributed by atoms with Gasteiger partial charge in [-0.1, -0.05) is 0 Å². The van der Waals surface area contributed by atoms with Gasteiger partial charge in [-0.2, -0.15) is 0 Å². The third-order valence-corrected chi connectivity index (χ3v) is 5.21. The van der Waals surface area contributed by atoms with Crippen molar-refractivity contribution in [2.45, 2.75) is 32.4 Å². The summed E-state index contributed by atoms with van der Waals surface area (Å²) >= 11 is 0. The van der Waals surface area contributed by atoms with Gasteiger partial charge in [0, 0.05) is 49.5 Å². The van der Waals surface area contributed by atoms with Gasteiger partial charge in [-0.3, -0.25) is 4.79 Å². The van der Waals surface area contributed by atoms with Gasteiger partial charge in [0.15, 0.2) is 6.10 Å². The highest BCUT2D eigenvalue weighted by Crippen LogP contribution is 2.23. The van der Waals surface area contributed by atoms with Crippen molar-refractivity contribution >= 4 is 16.9 Å². The minimum absolute atomic E-state index is 0.0179. The van der Waals surface area contributed by atoms with Crippen molar-refractivity contribution in [3.8, 4) is 5.75 Å². The first-order valence-corrected chi connectivity index (χ1v) is 9.53. The predicted molar refractivity (Wildman–Crippen MR) is 104 cm³/mol. The second-order valence-corrected chi connectivity index (χ2v) is 7.24. The first-order valence-electron chi connectivity index (χ1n) is 9.53. The van der Waals surface area contributed by atoms with E-state index < -0.39 is 11.7 Å². The second-order valence-electron chi connectivity index (χ2n) is 7.24. The minimum atomic E-state index is -0.599. The van der Waals surface area contributed by atoms with Gasteiger partial charge in [-0.25, -0.2) is 9.78 Å². The molecule has 28 heavy (non-hydrogen) atoms. The smallest absolute Gasteiger partial charge is 0.336 e. The van der Waals surface area contributed by atoms with Crippen molar-refractivity contribution in [2.24, 2.45) is 5.92 Å². The number of ether oxygens (including phenoxy) is 1. The van der Waals surface area contributed by atoms with E-state index in [1.165, 1.54) is 6.07 Å². The molecule has 1 unspecified atom stereocenters. The summed E-state index contributed by atoms with van der Waals surface area (Å²) in [5.41, 5.74) is 0.0392. The molecule has 7 nitrogen and oxygen atoms in total. The Morgan fingerprint density at radius 2 is 2.07 bits per heavy atom. The number of amides is 1. The monoisotopic (exact) mass is 381 g/mol. The van der Waals surface area contributed by atoms with E-state index in [1.54, 1.807) is 31.3 Å². The van der Waals surface area contributed by atoms with Crippen LogP contribution in [-0.2, 0) is 11.3 Å². The van der Waals surface area contributed by atoms with Gasteiger partial charge in [-0.15, -0.1) is 0 Å². The van der Waals surface area contributed by atoms with Crippen LogP contribution in [0.1, 0.15) is 19.8 Å². The number of carbonyl (C=O) groups excluding carboxylic acids is 1. The van der Waals surface area contributed by atoms with E-state index in [1.807, 2.05) is 23.5 Å². The van der Waals surface area contributed by atoms with E-state index in [-0.39, 0.29) is 5.91 Å². The van der Waals surface area contributed by atoms with E-state index in [0.717, 1.165) is 37.9 Å². The first-order chi connectivity index (χ1) is 13.6. The lowest BCUT2D eigenvalue weighted by Crippen LogP contribution is -2.45. The zero-order valence-corrected chi connectivity index (χ0v) is 15.8. The highest BCUT2D eigenvalue weighted by atomic mass is 16.5. The largest absolute Gasteiger partial charge is 0.481 e. The molecule has 0 N–H and O–H groups in total. The van der Waals surface area contributed by atoms with E-state index in [2.05, 4.69) is 9.55 Å². The lowest BCUT2D eigenvalue weighted by atomic mass is 9.96. The highest BCUT2D eigenvalue weighted by molar-refractivity contribution is 5.81. The van der Waals surface area contributed by atoms with Crippen LogP contribution in [0.15, 0.2) is 58.3 Å². The molecule has 3 heterocycles. The number of likely N-dealkylation sites (tertiary alicyclic amines) is 1. The van der Waals surface area contributed by atoms with Gasteiger partial charge in [-0.05, 0) is 43.9 Å². The fourth-order valence-electron chi connectivity index (χ4n) is 3.65. The topological polar surface area (TPSA) is 77.6 Å². The predicted octanol–water partition coefficient (Wildman–Crippen LogP) is 2.70. The molecule has 0 aliphatic carbocycles. The summed E-state index contributed by atoms with van der Waals surface area (Å²) in [6.07, 6.45) is 6.93. The molecule has 7 heteroatoms. The summed E-state index contributed by atoms with van der Waals surface area (Å²) in [5, 5.41) is 0.811. The quantitative estimate of drug-likeness (QED) is 0.635. The normalized spacial score (nSPS) is 16.2. The Labute approximate surface area is 162 Å². The molecule has 146 valence electrons.